The number of nitrogens with two attached hydrogens (primary N) is 1. The van der Waals surface area contributed by atoms with E-state index in [1.54, 1.807) is 56.5 Å². The van der Waals surface area contributed by atoms with E-state index in [0.717, 1.165) is 16.9 Å². The number of urea groups is 1. The zero-order valence-electron chi connectivity index (χ0n) is 22.5. The smallest absolute Gasteiger partial charge is 0.337 e. The minimum Gasteiger partial charge on any atom is -0.496 e. The number of nitrogen functional groups attached to an aromatic ring is 1. The Kier molecular flexibility index (Phi) is 10.1. The number of hydrazine groups is 1. The summed E-state index contributed by atoms with van der Waals surface area (Å²) in [6.45, 7) is 2.08. The monoisotopic (exact) mass is 558 g/mol. The van der Waals surface area contributed by atoms with Gasteiger partial charge in [-0.1, -0.05) is 31.0 Å². The van der Waals surface area contributed by atoms with Crippen LogP contribution in [0.1, 0.15) is 47.3 Å². The fraction of sp³-hybridized carbons (Fsp3) is 0.407. The molecule has 11 nitrogen and oxygen atoms in total. The quantitative estimate of drug-likeness (QED) is 0.270. The van der Waals surface area contributed by atoms with Gasteiger partial charge in [-0.3, -0.25) is 14.7 Å². The molecule has 1 aliphatic heterocycles. The van der Waals surface area contributed by atoms with Crippen LogP contribution in [-0.4, -0.2) is 73.1 Å². The van der Waals surface area contributed by atoms with Crippen LogP contribution in [0.4, 0.5) is 10.5 Å². The first-order chi connectivity index (χ1) is 18.5. The number of amidine groups is 1. The van der Waals surface area contributed by atoms with E-state index in [4.69, 9.17) is 22.1 Å². The Balaban J connectivity index is 1.90. The zero-order valence-corrected chi connectivity index (χ0v) is 23.3. The molecule has 3 amide bonds. The van der Waals surface area contributed by atoms with Crippen molar-refractivity contribution < 1.29 is 24.2 Å². The molecular formula is C27H35ClN6O5. The molecule has 3 rings (SSSR count). The Labute approximate surface area is 232 Å². The van der Waals surface area contributed by atoms with Crippen molar-refractivity contribution in [1.29, 1.82) is 0 Å². The van der Waals surface area contributed by atoms with Crippen molar-refractivity contribution in [2.24, 2.45) is 10.9 Å². The molecule has 0 aliphatic carbocycles. The summed E-state index contributed by atoms with van der Waals surface area (Å²) >= 11 is 6.20. The largest absolute Gasteiger partial charge is 0.496 e. The Bertz CT molecular complexity index is 1250. The van der Waals surface area contributed by atoms with Crippen LogP contribution in [0.5, 0.6) is 5.75 Å². The first kappa shape index (κ1) is 29.7. The molecule has 0 fully saturated rings. The lowest BCUT2D eigenvalue weighted by molar-refractivity contribution is -0.131. The van der Waals surface area contributed by atoms with Crippen molar-refractivity contribution in [2.75, 3.05) is 40.0 Å². The molecule has 210 valence electrons. The van der Waals surface area contributed by atoms with Crippen LogP contribution in [0.15, 0.2) is 41.4 Å². The summed E-state index contributed by atoms with van der Waals surface area (Å²) in [6.07, 6.45) is 1.56. The van der Waals surface area contributed by atoms with Gasteiger partial charge in [-0.15, -0.1) is 0 Å². The third-order valence-electron chi connectivity index (χ3n) is 6.32. The molecule has 0 aromatic heterocycles. The number of nitrogens with one attached hydrogen (secondary N) is 2. The molecule has 2 aromatic carbocycles. The number of aliphatic imine (C=N–C) groups is 1. The first-order valence-corrected chi connectivity index (χ1v) is 13.0. The predicted molar refractivity (Wildman–Crippen MR) is 150 cm³/mol. The van der Waals surface area contributed by atoms with Crippen molar-refractivity contribution in [3.05, 3.63) is 58.1 Å². The molecule has 0 saturated heterocycles. The van der Waals surface area contributed by atoms with Crippen molar-refractivity contribution >= 4 is 41.0 Å². The molecule has 12 heteroatoms. The number of hydrogen-bond donors (Lipinski definition) is 4. The molecule has 0 radical (unpaired) electrons. The number of carboxylic acid groups (broad SMARTS) is 1. The maximum atomic E-state index is 13.7. The number of anilines is 1. The lowest BCUT2D eigenvalue weighted by atomic mass is 9.97. The molecule has 1 heterocycles. The summed E-state index contributed by atoms with van der Waals surface area (Å²) in [4.78, 5) is 44.5. The van der Waals surface area contributed by atoms with Crippen LogP contribution < -0.4 is 21.2 Å². The van der Waals surface area contributed by atoms with Gasteiger partial charge in [0.05, 0.1) is 37.7 Å². The summed E-state index contributed by atoms with van der Waals surface area (Å²) in [5.41, 5.74) is 10.5. The van der Waals surface area contributed by atoms with Gasteiger partial charge in [0.2, 0.25) is 5.91 Å². The number of rotatable bonds is 9. The van der Waals surface area contributed by atoms with Crippen molar-refractivity contribution in [2.45, 2.75) is 32.2 Å². The predicted octanol–water partition coefficient (Wildman–Crippen LogP) is 3.35. The second-order valence-corrected chi connectivity index (χ2v) is 9.95. The van der Waals surface area contributed by atoms with Gasteiger partial charge in [0.1, 0.15) is 11.6 Å². The fourth-order valence-corrected chi connectivity index (χ4v) is 4.65. The molecule has 39 heavy (non-hydrogen) atoms. The van der Waals surface area contributed by atoms with Crippen molar-refractivity contribution in [1.82, 2.24) is 20.7 Å². The Morgan fingerprint density at radius 2 is 2.03 bits per heavy atom. The van der Waals surface area contributed by atoms with E-state index in [-0.39, 0.29) is 36.7 Å². The normalized spacial score (nSPS) is 16.4. The summed E-state index contributed by atoms with van der Waals surface area (Å²) in [7, 11) is 5.12. The number of carbonyl (C=O) groups excluding carboxylic acids is 2. The number of nitrogens with zero attached hydrogens (tertiary/aromatic N) is 3. The number of halogens is 1. The number of aromatic carboxylic acids is 1. The van der Waals surface area contributed by atoms with Gasteiger partial charge < -0.3 is 26.3 Å². The summed E-state index contributed by atoms with van der Waals surface area (Å²) in [5.74, 6) is -1.10. The average molecular weight is 559 g/mol. The SMILES string of the molecule is CCC[C@@H](NC(=O)N1CC(NN(C)C)=NCC(Cc2cc(Cl)ccc2OC)C1=O)c1ccc(C(=O)O)c(N)c1. The van der Waals surface area contributed by atoms with Crippen LogP contribution in [0.25, 0.3) is 0 Å². The standard InChI is InChI=1S/C27H35ClN6O5/c1-5-6-22(16-7-9-20(26(36)37)21(29)13-16)31-27(38)34-15-24(32-33(2)3)30-14-18(25(34)35)11-17-12-19(28)8-10-23(17)39-4/h7-10,12-13,18,22H,5-6,11,14-15,29H2,1-4H3,(H,30,32)(H,31,38)(H,36,37)/t18?,22-/m1/s1. The molecule has 0 saturated carbocycles. The molecule has 5 N–H and O–H groups in total. The van der Waals surface area contributed by atoms with Crippen LogP contribution >= 0.6 is 11.6 Å². The number of benzene rings is 2. The number of imide groups is 1. The van der Waals surface area contributed by atoms with E-state index in [1.807, 2.05) is 6.92 Å². The van der Waals surface area contributed by atoms with Gasteiger partial charge in [-0.25, -0.2) is 14.6 Å². The Morgan fingerprint density at radius 1 is 1.28 bits per heavy atom. The lowest BCUT2D eigenvalue weighted by Gasteiger charge is -2.27. The molecule has 0 spiro atoms. The van der Waals surface area contributed by atoms with E-state index >= 15 is 0 Å². The second kappa shape index (κ2) is 13.3. The first-order valence-electron chi connectivity index (χ1n) is 12.6. The topological polar surface area (TPSA) is 150 Å². The highest BCUT2D eigenvalue weighted by Crippen LogP contribution is 2.28. The number of hydrogen-bond acceptors (Lipinski definition) is 8. The highest BCUT2D eigenvalue weighted by molar-refractivity contribution is 6.30. The van der Waals surface area contributed by atoms with E-state index < -0.39 is 24.0 Å². The third kappa shape index (κ3) is 7.61. The third-order valence-corrected chi connectivity index (χ3v) is 6.55. The highest BCUT2D eigenvalue weighted by atomic mass is 35.5. The molecule has 1 aliphatic rings. The lowest BCUT2D eigenvalue weighted by Crippen LogP contribution is -2.51. The maximum absolute atomic E-state index is 13.7. The summed E-state index contributed by atoms with van der Waals surface area (Å²) in [5, 5.41) is 14.5. The van der Waals surface area contributed by atoms with Crippen LogP contribution in [-0.2, 0) is 11.2 Å². The Morgan fingerprint density at radius 3 is 2.64 bits per heavy atom. The van der Waals surface area contributed by atoms with Gasteiger partial charge in [0.25, 0.3) is 0 Å². The highest BCUT2D eigenvalue weighted by Gasteiger charge is 2.34. The van der Waals surface area contributed by atoms with Crippen molar-refractivity contribution in [3.63, 3.8) is 0 Å². The van der Waals surface area contributed by atoms with Gasteiger partial charge in [0, 0.05) is 24.8 Å². The molecule has 2 aromatic rings. The number of amides is 3. The van der Waals surface area contributed by atoms with Gasteiger partial charge >= 0.3 is 12.0 Å². The molecule has 1 unspecified atom stereocenters. The van der Waals surface area contributed by atoms with Crippen LogP contribution in [0, 0.1) is 5.92 Å². The Hall–Kier alpha value is -3.83. The van der Waals surface area contributed by atoms with Crippen LogP contribution in [0.2, 0.25) is 5.02 Å². The van der Waals surface area contributed by atoms with Crippen LogP contribution in [0.3, 0.4) is 0 Å². The summed E-state index contributed by atoms with van der Waals surface area (Å²) < 4.78 is 5.45. The van der Waals surface area contributed by atoms with Gasteiger partial charge in [-0.05, 0) is 54.3 Å². The average Bonchev–Trinajstić information content (AvgIpc) is 3.02. The number of carbonyl (C=O) groups is 3. The number of methoxy groups -OCH3 is 1. The minimum absolute atomic E-state index is 0.0158. The fourth-order valence-electron chi connectivity index (χ4n) is 4.45. The number of ether oxygens (including phenoxy) is 1. The zero-order chi connectivity index (χ0) is 28.7. The molecular weight excluding hydrogens is 524 g/mol. The van der Waals surface area contributed by atoms with E-state index in [9.17, 15) is 19.5 Å². The maximum Gasteiger partial charge on any atom is 0.337 e. The summed E-state index contributed by atoms with van der Waals surface area (Å²) in [6, 6.07) is 8.70. The second-order valence-electron chi connectivity index (χ2n) is 9.52. The van der Waals surface area contributed by atoms with Gasteiger partial charge in [-0.2, -0.15) is 0 Å². The minimum atomic E-state index is -1.13. The van der Waals surface area contributed by atoms with E-state index in [1.165, 1.54) is 6.07 Å². The van der Waals surface area contributed by atoms with E-state index in [2.05, 4.69) is 15.7 Å². The van der Waals surface area contributed by atoms with E-state index in [0.29, 0.717) is 28.6 Å². The molecule has 2 atom stereocenters. The van der Waals surface area contributed by atoms with Crippen molar-refractivity contribution in [3.8, 4) is 5.75 Å². The van der Waals surface area contributed by atoms with Gasteiger partial charge in [0.15, 0.2) is 0 Å². The number of carboxylic acids is 1. The molecule has 0 bridgehead atoms.